The summed E-state index contributed by atoms with van der Waals surface area (Å²) >= 11 is 0. The van der Waals surface area contributed by atoms with E-state index in [4.69, 9.17) is 14.0 Å². The van der Waals surface area contributed by atoms with Crippen molar-refractivity contribution in [1.29, 1.82) is 0 Å². The molecule has 0 aliphatic carbocycles. The molecule has 0 saturated carbocycles. The van der Waals surface area contributed by atoms with Gasteiger partial charge in [0.05, 0.1) is 25.6 Å². The molecule has 0 spiro atoms. The molecule has 1 amide bonds. The van der Waals surface area contributed by atoms with E-state index < -0.39 is 4.92 Å². The summed E-state index contributed by atoms with van der Waals surface area (Å²) < 4.78 is 29.4. The van der Waals surface area contributed by atoms with E-state index in [1.54, 1.807) is 43.4 Å². The lowest BCUT2D eigenvalue weighted by Crippen LogP contribution is -2.36. The minimum absolute atomic E-state index is 0.0772. The summed E-state index contributed by atoms with van der Waals surface area (Å²) in [7, 11) is 3.13. The topological polar surface area (TPSA) is 121 Å². The van der Waals surface area contributed by atoms with E-state index in [0.717, 1.165) is 5.56 Å². The lowest BCUT2D eigenvalue weighted by Gasteiger charge is -2.22. The van der Waals surface area contributed by atoms with Gasteiger partial charge in [-0.25, -0.2) is 4.39 Å². The standard InChI is InChI=1S/C28H27FN4O6/c1-37-24-11-8-20(16-25(24)38-2)12-14-32(27(34)17-19-6-9-22(29)10-7-19)15-13-26-30-28(31-39-26)21-4-3-5-23(18-21)33(35)36/h3-11,16,18H,12-15,17H2,1-2H3. The van der Waals surface area contributed by atoms with Crippen LogP contribution < -0.4 is 9.47 Å². The Morgan fingerprint density at radius 3 is 2.41 bits per heavy atom. The van der Waals surface area contributed by atoms with Crippen molar-refractivity contribution in [3.05, 3.63) is 99.7 Å². The fourth-order valence-electron chi connectivity index (χ4n) is 4.01. The number of ether oxygens (including phenoxy) is 2. The predicted octanol–water partition coefficient (Wildman–Crippen LogP) is 4.66. The zero-order valence-electron chi connectivity index (χ0n) is 21.5. The van der Waals surface area contributed by atoms with E-state index in [1.165, 1.54) is 24.3 Å². The van der Waals surface area contributed by atoms with Gasteiger partial charge in [0.2, 0.25) is 17.6 Å². The molecule has 39 heavy (non-hydrogen) atoms. The molecular weight excluding hydrogens is 507 g/mol. The first-order valence-corrected chi connectivity index (χ1v) is 12.2. The van der Waals surface area contributed by atoms with E-state index >= 15 is 0 Å². The minimum Gasteiger partial charge on any atom is -0.493 e. The van der Waals surface area contributed by atoms with Gasteiger partial charge in [-0.05, 0) is 41.8 Å². The molecule has 0 unspecified atom stereocenters. The molecule has 0 bridgehead atoms. The number of methoxy groups -OCH3 is 2. The van der Waals surface area contributed by atoms with Crippen molar-refractivity contribution < 1.29 is 28.1 Å². The Morgan fingerprint density at radius 1 is 0.974 bits per heavy atom. The molecule has 0 aliphatic heterocycles. The van der Waals surface area contributed by atoms with Crippen LogP contribution in [0.4, 0.5) is 10.1 Å². The van der Waals surface area contributed by atoms with Gasteiger partial charge in [0.1, 0.15) is 5.82 Å². The number of carbonyl (C=O) groups is 1. The SMILES string of the molecule is COc1ccc(CCN(CCc2nc(-c3cccc([N+](=O)[O-])c3)no2)C(=O)Cc2ccc(F)cc2)cc1OC. The molecule has 0 aliphatic rings. The number of halogens is 1. The Kier molecular flexibility index (Phi) is 8.82. The highest BCUT2D eigenvalue weighted by atomic mass is 19.1. The summed E-state index contributed by atoms with van der Waals surface area (Å²) in [6.45, 7) is 0.700. The Hall–Kier alpha value is -4.80. The number of aromatic nitrogens is 2. The van der Waals surface area contributed by atoms with Crippen LogP contribution >= 0.6 is 0 Å². The number of non-ortho nitro benzene ring substituents is 1. The number of hydrogen-bond acceptors (Lipinski definition) is 8. The minimum atomic E-state index is -0.493. The third-order valence-corrected chi connectivity index (χ3v) is 6.12. The summed E-state index contributed by atoms with van der Waals surface area (Å²) in [5.41, 5.74) is 2.03. The van der Waals surface area contributed by atoms with Gasteiger partial charge in [-0.2, -0.15) is 4.98 Å². The van der Waals surface area contributed by atoms with E-state index in [2.05, 4.69) is 10.1 Å². The Morgan fingerprint density at radius 2 is 1.69 bits per heavy atom. The summed E-state index contributed by atoms with van der Waals surface area (Å²) in [6.07, 6.45) is 0.941. The second-order valence-corrected chi connectivity index (χ2v) is 8.69. The average Bonchev–Trinajstić information content (AvgIpc) is 3.43. The Bertz CT molecular complexity index is 1440. The van der Waals surface area contributed by atoms with Gasteiger partial charge in [-0.15, -0.1) is 0 Å². The van der Waals surface area contributed by atoms with Gasteiger partial charge in [-0.3, -0.25) is 14.9 Å². The highest BCUT2D eigenvalue weighted by molar-refractivity contribution is 5.78. The molecule has 0 atom stereocenters. The second-order valence-electron chi connectivity index (χ2n) is 8.69. The van der Waals surface area contributed by atoms with Crippen LogP contribution in [0.3, 0.4) is 0 Å². The van der Waals surface area contributed by atoms with Crippen molar-refractivity contribution in [2.75, 3.05) is 27.3 Å². The second kappa shape index (κ2) is 12.6. The third-order valence-electron chi connectivity index (χ3n) is 6.12. The number of amides is 1. The van der Waals surface area contributed by atoms with Gasteiger partial charge >= 0.3 is 0 Å². The van der Waals surface area contributed by atoms with E-state index in [1.807, 2.05) is 18.2 Å². The zero-order valence-corrected chi connectivity index (χ0v) is 21.5. The molecule has 202 valence electrons. The number of hydrogen-bond donors (Lipinski definition) is 0. The molecule has 0 saturated heterocycles. The smallest absolute Gasteiger partial charge is 0.270 e. The van der Waals surface area contributed by atoms with Crippen molar-refractivity contribution in [2.24, 2.45) is 0 Å². The fraction of sp³-hybridized carbons (Fsp3) is 0.250. The summed E-state index contributed by atoms with van der Waals surface area (Å²) in [5, 5.41) is 15.0. The maximum atomic E-state index is 13.3. The fourth-order valence-corrected chi connectivity index (χ4v) is 4.01. The van der Waals surface area contributed by atoms with Gasteiger partial charge in [0, 0.05) is 37.2 Å². The van der Waals surface area contributed by atoms with Gasteiger partial charge in [0.15, 0.2) is 11.5 Å². The Balaban J connectivity index is 1.47. The molecule has 4 aromatic rings. The molecule has 10 nitrogen and oxygen atoms in total. The van der Waals surface area contributed by atoms with E-state index in [-0.39, 0.29) is 36.1 Å². The maximum absolute atomic E-state index is 13.3. The third kappa shape index (κ3) is 7.16. The maximum Gasteiger partial charge on any atom is 0.270 e. The van der Waals surface area contributed by atoms with E-state index in [0.29, 0.717) is 48.0 Å². The van der Waals surface area contributed by atoms with Gasteiger partial charge in [0.25, 0.3) is 5.69 Å². The lowest BCUT2D eigenvalue weighted by molar-refractivity contribution is -0.384. The molecule has 0 radical (unpaired) electrons. The van der Waals surface area contributed by atoms with Crippen molar-refractivity contribution in [2.45, 2.75) is 19.3 Å². The van der Waals surface area contributed by atoms with Crippen LogP contribution in [0.25, 0.3) is 11.4 Å². The normalized spacial score (nSPS) is 10.7. The predicted molar refractivity (Wildman–Crippen MR) is 140 cm³/mol. The van der Waals surface area contributed by atoms with Crippen LogP contribution in [0.5, 0.6) is 11.5 Å². The van der Waals surface area contributed by atoms with E-state index in [9.17, 15) is 19.3 Å². The zero-order chi connectivity index (χ0) is 27.8. The quantitative estimate of drug-likeness (QED) is 0.190. The molecule has 3 aromatic carbocycles. The van der Waals surface area contributed by atoms with Crippen LogP contribution in [-0.2, 0) is 24.1 Å². The van der Waals surface area contributed by atoms with Crippen molar-refractivity contribution in [1.82, 2.24) is 15.0 Å². The molecule has 4 rings (SSSR count). The number of nitrogens with zero attached hydrogens (tertiary/aromatic N) is 4. The van der Waals surface area contributed by atoms with Crippen LogP contribution in [0.1, 0.15) is 17.0 Å². The van der Waals surface area contributed by atoms with Crippen molar-refractivity contribution in [3.63, 3.8) is 0 Å². The largest absolute Gasteiger partial charge is 0.493 e. The first-order chi connectivity index (χ1) is 18.9. The molecule has 0 N–H and O–H groups in total. The van der Waals surface area contributed by atoms with Gasteiger partial charge in [-0.1, -0.05) is 35.5 Å². The van der Waals surface area contributed by atoms with Crippen LogP contribution in [0.15, 0.2) is 71.3 Å². The first kappa shape index (κ1) is 27.2. The summed E-state index contributed by atoms with van der Waals surface area (Å²) in [5.74, 6) is 1.22. The van der Waals surface area contributed by atoms with Crippen LogP contribution in [0, 0.1) is 15.9 Å². The molecule has 0 fully saturated rings. The number of rotatable bonds is 12. The molecular formula is C28H27FN4O6. The van der Waals surface area contributed by atoms with Gasteiger partial charge < -0.3 is 18.9 Å². The lowest BCUT2D eigenvalue weighted by atomic mass is 10.1. The summed E-state index contributed by atoms with van der Waals surface area (Å²) in [6, 6.07) is 17.4. The highest BCUT2D eigenvalue weighted by Crippen LogP contribution is 2.28. The molecule has 1 aromatic heterocycles. The summed E-state index contributed by atoms with van der Waals surface area (Å²) in [4.78, 5) is 29.9. The average molecular weight is 535 g/mol. The highest BCUT2D eigenvalue weighted by Gasteiger charge is 2.18. The number of benzene rings is 3. The molecule has 1 heterocycles. The first-order valence-electron chi connectivity index (χ1n) is 12.2. The van der Waals surface area contributed by atoms with Crippen LogP contribution in [-0.4, -0.2) is 53.2 Å². The van der Waals surface area contributed by atoms with Crippen LogP contribution in [0.2, 0.25) is 0 Å². The number of nitro groups is 1. The number of nitro benzene ring substituents is 1. The monoisotopic (exact) mass is 534 g/mol. The number of carbonyl (C=O) groups excluding carboxylic acids is 1. The van der Waals surface area contributed by atoms with Crippen molar-refractivity contribution >= 4 is 11.6 Å². The van der Waals surface area contributed by atoms with Crippen molar-refractivity contribution in [3.8, 4) is 22.9 Å². The molecule has 11 heteroatoms. The Labute approximate surface area is 224 Å².